The van der Waals surface area contributed by atoms with Crippen molar-refractivity contribution in [3.63, 3.8) is 0 Å². The number of hydrogen-bond donors (Lipinski definition) is 2. The van der Waals surface area contributed by atoms with Gasteiger partial charge in [0.25, 0.3) is 0 Å². The predicted molar refractivity (Wildman–Crippen MR) is 46.6 cm³/mol. The van der Waals surface area contributed by atoms with Crippen LogP contribution < -0.4 is 0 Å². The second kappa shape index (κ2) is 9.50. The zero-order chi connectivity index (χ0) is 8.36. The molecular formula is C9H18O2. The minimum absolute atomic E-state index is 0.316. The van der Waals surface area contributed by atoms with Gasteiger partial charge in [0.1, 0.15) is 0 Å². The van der Waals surface area contributed by atoms with E-state index in [1.54, 1.807) is 6.08 Å². The number of unbranched alkanes of at least 4 members (excludes halogenated alkanes) is 5. The highest BCUT2D eigenvalue weighted by Gasteiger charge is 1.87. The van der Waals surface area contributed by atoms with Gasteiger partial charge in [-0.25, -0.2) is 0 Å². The fourth-order valence-electron chi connectivity index (χ4n) is 0.979. The molecule has 0 aliphatic carbocycles. The second-order valence-electron chi connectivity index (χ2n) is 2.66. The van der Waals surface area contributed by atoms with Crippen LogP contribution >= 0.6 is 0 Å². The van der Waals surface area contributed by atoms with E-state index in [-0.39, 0.29) is 0 Å². The highest BCUT2D eigenvalue weighted by molar-refractivity contribution is 4.70. The average molecular weight is 158 g/mol. The van der Waals surface area contributed by atoms with E-state index in [9.17, 15) is 0 Å². The van der Waals surface area contributed by atoms with Gasteiger partial charge < -0.3 is 10.2 Å². The smallest absolute Gasteiger partial charge is 0.0751 e. The van der Waals surface area contributed by atoms with Crippen LogP contribution in [0.3, 0.4) is 0 Å². The number of allylic oxidation sites excluding steroid dienone is 1. The van der Waals surface area contributed by atoms with Crippen molar-refractivity contribution in [2.45, 2.75) is 38.5 Å². The quantitative estimate of drug-likeness (QED) is 0.441. The molecule has 0 spiro atoms. The summed E-state index contributed by atoms with van der Waals surface area (Å²) in [6.45, 7) is 0.316. The topological polar surface area (TPSA) is 40.5 Å². The molecule has 0 aromatic rings. The Labute approximate surface area is 68.6 Å². The van der Waals surface area contributed by atoms with Crippen LogP contribution in [0.25, 0.3) is 0 Å². The molecule has 66 valence electrons. The summed E-state index contributed by atoms with van der Waals surface area (Å²) in [5, 5.41) is 16.8. The summed E-state index contributed by atoms with van der Waals surface area (Å²) in [5.74, 6) is 0. The Kier molecular flexibility index (Phi) is 9.07. The lowest BCUT2D eigenvalue weighted by Crippen LogP contribution is -1.82. The van der Waals surface area contributed by atoms with Crippen LogP contribution in [0.2, 0.25) is 0 Å². The van der Waals surface area contributed by atoms with Crippen molar-refractivity contribution in [3.05, 3.63) is 12.3 Å². The van der Waals surface area contributed by atoms with Gasteiger partial charge in [-0.05, 0) is 19.3 Å². The summed E-state index contributed by atoms with van der Waals surface area (Å²) in [4.78, 5) is 0. The van der Waals surface area contributed by atoms with Crippen LogP contribution in [0.5, 0.6) is 0 Å². The van der Waals surface area contributed by atoms with Gasteiger partial charge in [-0.3, -0.25) is 0 Å². The van der Waals surface area contributed by atoms with Crippen molar-refractivity contribution in [2.75, 3.05) is 6.61 Å². The molecule has 0 rings (SSSR count). The molecule has 0 fully saturated rings. The van der Waals surface area contributed by atoms with Crippen LogP contribution in [-0.2, 0) is 0 Å². The van der Waals surface area contributed by atoms with Gasteiger partial charge in [0.2, 0.25) is 0 Å². The van der Waals surface area contributed by atoms with Gasteiger partial charge in [0.05, 0.1) is 6.26 Å². The lowest BCUT2D eigenvalue weighted by molar-refractivity contribution is 0.282. The van der Waals surface area contributed by atoms with Crippen LogP contribution in [0, 0.1) is 0 Å². The molecule has 2 nitrogen and oxygen atoms in total. The second-order valence-corrected chi connectivity index (χ2v) is 2.66. The molecule has 0 radical (unpaired) electrons. The molecule has 0 aromatic carbocycles. The average Bonchev–Trinajstić information content (AvgIpc) is 2.03. The number of aliphatic hydroxyl groups excluding tert-OH is 2. The highest BCUT2D eigenvalue weighted by Crippen LogP contribution is 2.04. The Bertz CT molecular complexity index is 89.6. The summed E-state index contributed by atoms with van der Waals surface area (Å²) in [6, 6.07) is 0. The van der Waals surface area contributed by atoms with Crippen molar-refractivity contribution >= 4 is 0 Å². The first kappa shape index (κ1) is 10.5. The molecule has 0 aromatic heterocycles. The van der Waals surface area contributed by atoms with Gasteiger partial charge >= 0.3 is 0 Å². The number of hydrogen-bond acceptors (Lipinski definition) is 2. The van der Waals surface area contributed by atoms with E-state index in [0.717, 1.165) is 31.9 Å². The van der Waals surface area contributed by atoms with E-state index in [0.29, 0.717) is 6.61 Å². The Balaban J connectivity index is 2.79. The first-order chi connectivity index (χ1) is 5.41. The van der Waals surface area contributed by atoms with Crippen molar-refractivity contribution < 1.29 is 10.2 Å². The van der Waals surface area contributed by atoms with E-state index in [1.807, 2.05) is 0 Å². The normalized spacial score (nSPS) is 11.0. The molecule has 2 N–H and O–H groups in total. The largest absolute Gasteiger partial charge is 0.516 e. The third-order valence-electron chi connectivity index (χ3n) is 1.63. The van der Waals surface area contributed by atoms with Crippen molar-refractivity contribution in [1.29, 1.82) is 0 Å². The standard InChI is InChI=1S/C9H18O2/c10-8-6-4-2-1-3-5-7-9-11/h6,8,10-11H,1-5,7,9H2. The lowest BCUT2D eigenvalue weighted by atomic mass is 10.1. The molecule has 2 heteroatoms. The van der Waals surface area contributed by atoms with E-state index in [4.69, 9.17) is 10.2 Å². The number of rotatable bonds is 7. The Morgan fingerprint density at radius 3 is 2.18 bits per heavy atom. The maximum absolute atomic E-state index is 8.46. The predicted octanol–water partition coefficient (Wildman–Crippen LogP) is 2.39. The first-order valence-electron chi connectivity index (χ1n) is 4.32. The third kappa shape index (κ3) is 9.50. The van der Waals surface area contributed by atoms with Gasteiger partial charge in [0.15, 0.2) is 0 Å². The van der Waals surface area contributed by atoms with Crippen molar-refractivity contribution in [3.8, 4) is 0 Å². The Morgan fingerprint density at radius 1 is 0.909 bits per heavy atom. The molecule has 0 unspecified atom stereocenters. The summed E-state index contributed by atoms with van der Waals surface area (Å²) in [5.41, 5.74) is 0. The molecule has 0 bridgehead atoms. The number of aliphatic hydroxyl groups is 2. The molecule has 0 aliphatic heterocycles. The maximum atomic E-state index is 8.46. The van der Waals surface area contributed by atoms with Crippen molar-refractivity contribution in [2.24, 2.45) is 0 Å². The minimum atomic E-state index is 0.316. The fraction of sp³-hybridized carbons (Fsp3) is 0.778. The molecule has 11 heavy (non-hydrogen) atoms. The fourth-order valence-corrected chi connectivity index (χ4v) is 0.979. The SMILES string of the molecule is OC=CCCCCCCCO. The monoisotopic (exact) mass is 158 g/mol. The van der Waals surface area contributed by atoms with Crippen LogP contribution in [0.15, 0.2) is 12.3 Å². The van der Waals surface area contributed by atoms with E-state index in [2.05, 4.69) is 0 Å². The van der Waals surface area contributed by atoms with E-state index in [1.165, 1.54) is 12.8 Å². The zero-order valence-corrected chi connectivity index (χ0v) is 7.00. The summed E-state index contributed by atoms with van der Waals surface area (Å²) in [7, 11) is 0. The molecule has 0 amide bonds. The Morgan fingerprint density at radius 2 is 1.55 bits per heavy atom. The Hall–Kier alpha value is -0.500. The van der Waals surface area contributed by atoms with Gasteiger partial charge in [0, 0.05) is 6.61 Å². The zero-order valence-electron chi connectivity index (χ0n) is 7.00. The van der Waals surface area contributed by atoms with Crippen LogP contribution in [-0.4, -0.2) is 16.8 Å². The van der Waals surface area contributed by atoms with Gasteiger partial charge in [-0.2, -0.15) is 0 Å². The first-order valence-corrected chi connectivity index (χ1v) is 4.32. The molecule has 0 heterocycles. The van der Waals surface area contributed by atoms with E-state index >= 15 is 0 Å². The molecule has 0 atom stereocenters. The lowest BCUT2D eigenvalue weighted by Gasteiger charge is -1.96. The van der Waals surface area contributed by atoms with Gasteiger partial charge in [-0.1, -0.05) is 25.3 Å². The highest BCUT2D eigenvalue weighted by atomic mass is 16.3. The summed E-state index contributed by atoms with van der Waals surface area (Å²) < 4.78 is 0. The van der Waals surface area contributed by atoms with Crippen LogP contribution in [0.4, 0.5) is 0 Å². The molecule has 0 saturated carbocycles. The van der Waals surface area contributed by atoms with Gasteiger partial charge in [-0.15, -0.1) is 0 Å². The van der Waals surface area contributed by atoms with Crippen LogP contribution in [0.1, 0.15) is 38.5 Å². The van der Waals surface area contributed by atoms with E-state index < -0.39 is 0 Å². The summed E-state index contributed by atoms with van der Waals surface area (Å²) >= 11 is 0. The molecule has 0 aliphatic rings. The summed E-state index contributed by atoms with van der Waals surface area (Å²) in [6.07, 6.45) is 9.43. The third-order valence-corrected chi connectivity index (χ3v) is 1.63. The van der Waals surface area contributed by atoms with Crippen molar-refractivity contribution in [1.82, 2.24) is 0 Å². The minimum Gasteiger partial charge on any atom is -0.516 e. The molecular weight excluding hydrogens is 140 g/mol. The molecule has 0 saturated heterocycles. The maximum Gasteiger partial charge on any atom is 0.0751 e.